The molecular formula is C11H19ClN2O2S2. The van der Waals surface area contributed by atoms with Crippen molar-refractivity contribution in [1.82, 2.24) is 9.71 Å². The first-order valence-electron chi connectivity index (χ1n) is 5.87. The summed E-state index contributed by atoms with van der Waals surface area (Å²) in [6, 6.07) is -0.0855. The molecule has 104 valence electrons. The van der Waals surface area contributed by atoms with Gasteiger partial charge in [-0.2, -0.15) is 0 Å². The lowest BCUT2D eigenvalue weighted by Crippen LogP contribution is -2.32. The van der Waals surface area contributed by atoms with E-state index in [1.165, 1.54) is 0 Å². The molecule has 18 heavy (non-hydrogen) atoms. The summed E-state index contributed by atoms with van der Waals surface area (Å²) in [7, 11) is -3.50. The van der Waals surface area contributed by atoms with E-state index in [-0.39, 0.29) is 14.7 Å². The van der Waals surface area contributed by atoms with E-state index in [9.17, 15) is 8.42 Å². The van der Waals surface area contributed by atoms with Crippen molar-refractivity contribution in [3.8, 4) is 0 Å². The Kier molecular flexibility index (Phi) is 5.58. The molecule has 0 bridgehead atoms. The fraction of sp³-hybridized carbons (Fsp3) is 0.727. The third-order valence-corrected chi connectivity index (χ3v) is 5.97. The van der Waals surface area contributed by atoms with Crippen molar-refractivity contribution in [2.75, 3.05) is 0 Å². The van der Waals surface area contributed by atoms with Crippen LogP contribution >= 0.6 is 22.9 Å². The fourth-order valence-corrected chi connectivity index (χ4v) is 4.59. The molecule has 0 saturated heterocycles. The van der Waals surface area contributed by atoms with Gasteiger partial charge in [0.1, 0.15) is 0 Å². The summed E-state index contributed by atoms with van der Waals surface area (Å²) in [6.07, 6.45) is 1.81. The van der Waals surface area contributed by atoms with E-state index in [1.54, 1.807) is 6.92 Å². The standard InChI is InChI=1S/C11H19ClN2O2S2/c1-7(2)5-6-8(3)14-18(15,16)10-9(4)13-11(12)17-10/h7-8,14H,5-6H2,1-4H3. The molecule has 7 heteroatoms. The topological polar surface area (TPSA) is 59.1 Å². The Morgan fingerprint density at radius 1 is 1.33 bits per heavy atom. The van der Waals surface area contributed by atoms with Crippen LogP contribution in [0.3, 0.4) is 0 Å². The van der Waals surface area contributed by atoms with Gasteiger partial charge in [-0.05, 0) is 32.6 Å². The number of aromatic nitrogens is 1. The van der Waals surface area contributed by atoms with Gasteiger partial charge in [-0.3, -0.25) is 0 Å². The zero-order valence-corrected chi connectivity index (χ0v) is 13.4. The average molecular weight is 311 g/mol. The number of sulfonamides is 1. The summed E-state index contributed by atoms with van der Waals surface area (Å²) in [4.78, 5) is 3.92. The number of halogens is 1. The minimum Gasteiger partial charge on any atom is -0.229 e. The molecule has 0 fully saturated rings. The van der Waals surface area contributed by atoms with E-state index in [1.807, 2.05) is 6.92 Å². The number of aryl methyl sites for hydroxylation is 1. The van der Waals surface area contributed by atoms with E-state index in [2.05, 4.69) is 23.6 Å². The Bertz CT molecular complexity index is 497. The van der Waals surface area contributed by atoms with E-state index >= 15 is 0 Å². The Morgan fingerprint density at radius 2 is 1.94 bits per heavy atom. The summed E-state index contributed by atoms with van der Waals surface area (Å²) in [5.41, 5.74) is 0.452. The van der Waals surface area contributed by atoms with Gasteiger partial charge in [0.25, 0.3) is 10.0 Å². The van der Waals surface area contributed by atoms with Gasteiger partial charge in [0, 0.05) is 6.04 Å². The minimum atomic E-state index is -3.50. The smallest absolute Gasteiger partial charge is 0.229 e. The van der Waals surface area contributed by atoms with Crippen LogP contribution in [0.25, 0.3) is 0 Å². The highest BCUT2D eigenvalue weighted by atomic mass is 35.5. The molecule has 1 heterocycles. The summed E-state index contributed by atoms with van der Waals surface area (Å²) >= 11 is 6.72. The highest BCUT2D eigenvalue weighted by Gasteiger charge is 2.23. The molecule has 0 spiro atoms. The number of nitrogens with one attached hydrogen (secondary N) is 1. The Morgan fingerprint density at radius 3 is 2.39 bits per heavy atom. The lowest BCUT2D eigenvalue weighted by Gasteiger charge is -2.14. The van der Waals surface area contributed by atoms with Crippen molar-refractivity contribution in [1.29, 1.82) is 0 Å². The van der Waals surface area contributed by atoms with Crippen LogP contribution in [-0.2, 0) is 10.0 Å². The maximum Gasteiger partial charge on any atom is 0.252 e. The van der Waals surface area contributed by atoms with Crippen molar-refractivity contribution < 1.29 is 8.42 Å². The number of hydrogen-bond donors (Lipinski definition) is 1. The first-order chi connectivity index (χ1) is 8.22. The highest BCUT2D eigenvalue weighted by molar-refractivity contribution is 7.91. The third kappa shape index (κ3) is 4.50. The number of nitrogens with zero attached hydrogens (tertiary/aromatic N) is 1. The quantitative estimate of drug-likeness (QED) is 0.877. The van der Waals surface area contributed by atoms with Gasteiger partial charge >= 0.3 is 0 Å². The second kappa shape index (κ2) is 6.32. The molecule has 1 N–H and O–H groups in total. The first-order valence-corrected chi connectivity index (χ1v) is 8.55. The number of hydrogen-bond acceptors (Lipinski definition) is 4. The molecule has 0 aliphatic rings. The molecule has 1 aromatic heterocycles. The van der Waals surface area contributed by atoms with Crippen molar-refractivity contribution >= 4 is 33.0 Å². The molecule has 1 atom stereocenters. The minimum absolute atomic E-state index is 0.0855. The molecule has 1 aromatic rings. The van der Waals surface area contributed by atoms with Gasteiger partial charge in [-0.25, -0.2) is 18.1 Å². The van der Waals surface area contributed by atoms with Crippen molar-refractivity contribution in [2.24, 2.45) is 5.92 Å². The van der Waals surface area contributed by atoms with Gasteiger partial charge in [0.2, 0.25) is 0 Å². The lowest BCUT2D eigenvalue weighted by molar-refractivity contribution is 0.485. The molecular weight excluding hydrogens is 292 g/mol. The number of thiazole rings is 1. The van der Waals surface area contributed by atoms with E-state index in [0.29, 0.717) is 11.6 Å². The predicted molar refractivity (Wildman–Crippen MR) is 75.7 cm³/mol. The largest absolute Gasteiger partial charge is 0.252 e. The van der Waals surface area contributed by atoms with Gasteiger partial charge < -0.3 is 0 Å². The van der Waals surface area contributed by atoms with Crippen LogP contribution in [0.4, 0.5) is 0 Å². The van der Waals surface area contributed by atoms with E-state index < -0.39 is 10.0 Å². The van der Waals surface area contributed by atoms with Crippen LogP contribution in [0.5, 0.6) is 0 Å². The SMILES string of the molecule is Cc1nc(Cl)sc1S(=O)(=O)NC(C)CCC(C)C. The molecule has 0 amide bonds. The van der Waals surface area contributed by atoms with Crippen LogP contribution in [0.2, 0.25) is 4.47 Å². The monoisotopic (exact) mass is 310 g/mol. The summed E-state index contributed by atoms with van der Waals surface area (Å²) < 4.78 is 27.4. The fourth-order valence-electron chi connectivity index (χ4n) is 1.56. The maximum atomic E-state index is 12.1. The summed E-state index contributed by atoms with van der Waals surface area (Å²) in [5.74, 6) is 0.566. The maximum absolute atomic E-state index is 12.1. The van der Waals surface area contributed by atoms with Gasteiger partial charge in [-0.1, -0.05) is 36.8 Å². The Balaban J connectivity index is 2.73. The Hall–Kier alpha value is -0.170. The summed E-state index contributed by atoms with van der Waals surface area (Å²) in [5, 5.41) is 0. The molecule has 1 unspecified atom stereocenters. The second-order valence-corrected chi connectivity index (χ2v) is 8.32. The predicted octanol–water partition coefficient (Wildman–Crippen LogP) is 3.21. The molecule has 1 rings (SSSR count). The van der Waals surface area contributed by atoms with Gasteiger partial charge in [-0.15, -0.1) is 0 Å². The van der Waals surface area contributed by atoms with Crippen LogP contribution in [0.15, 0.2) is 4.21 Å². The van der Waals surface area contributed by atoms with Crippen molar-refractivity contribution in [3.63, 3.8) is 0 Å². The highest BCUT2D eigenvalue weighted by Crippen LogP contribution is 2.26. The van der Waals surface area contributed by atoms with E-state index in [0.717, 1.165) is 24.2 Å². The molecule has 0 aliphatic heterocycles. The van der Waals surface area contributed by atoms with Crippen LogP contribution in [0.1, 0.15) is 39.3 Å². The molecule has 0 radical (unpaired) electrons. The Labute approximate surface area is 118 Å². The molecule has 4 nitrogen and oxygen atoms in total. The first kappa shape index (κ1) is 15.9. The molecule has 0 saturated carbocycles. The molecule has 0 aliphatic carbocycles. The van der Waals surface area contributed by atoms with Crippen LogP contribution in [-0.4, -0.2) is 19.4 Å². The second-order valence-electron chi connectivity index (χ2n) is 4.83. The zero-order chi connectivity index (χ0) is 13.9. The van der Waals surface area contributed by atoms with E-state index in [4.69, 9.17) is 11.6 Å². The van der Waals surface area contributed by atoms with Gasteiger partial charge in [0.15, 0.2) is 8.68 Å². The molecule has 0 aromatic carbocycles. The van der Waals surface area contributed by atoms with Crippen molar-refractivity contribution in [3.05, 3.63) is 10.2 Å². The zero-order valence-electron chi connectivity index (χ0n) is 11.0. The normalized spacial score (nSPS) is 14.1. The van der Waals surface area contributed by atoms with Gasteiger partial charge in [0.05, 0.1) is 5.69 Å². The average Bonchev–Trinajstić information content (AvgIpc) is 2.55. The van der Waals surface area contributed by atoms with Crippen LogP contribution in [0, 0.1) is 12.8 Å². The van der Waals surface area contributed by atoms with Crippen molar-refractivity contribution in [2.45, 2.75) is 50.8 Å². The summed E-state index contributed by atoms with van der Waals surface area (Å²) in [6.45, 7) is 7.76. The van der Waals surface area contributed by atoms with Crippen LogP contribution < -0.4 is 4.72 Å². The third-order valence-electron chi connectivity index (χ3n) is 2.51. The number of rotatable bonds is 6. The lowest BCUT2D eigenvalue weighted by atomic mass is 10.1.